The standard InChI is InChI=1S/C13H17NO3/c1-4-12(15)9(2)13(16)14-10-5-7-11(17-3)8-6-10/h5-8,12,15H,2,4H2,1,3H3,(H,14,16)/t12-/m1/s1. The Labute approximate surface area is 101 Å². The van der Waals surface area contributed by atoms with Gasteiger partial charge in [-0.25, -0.2) is 0 Å². The molecule has 92 valence electrons. The van der Waals surface area contributed by atoms with Crippen molar-refractivity contribution in [2.45, 2.75) is 19.4 Å². The average molecular weight is 235 g/mol. The first-order chi connectivity index (χ1) is 8.08. The van der Waals surface area contributed by atoms with Gasteiger partial charge >= 0.3 is 0 Å². The number of rotatable bonds is 5. The van der Waals surface area contributed by atoms with Crippen molar-refractivity contribution in [2.24, 2.45) is 0 Å². The van der Waals surface area contributed by atoms with Gasteiger partial charge in [-0.1, -0.05) is 13.5 Å². The summed E-state index contributed by atoms with van der Waals surface area (Å²) in [5, 5.41) is 12.1. The van der Waals surface area contributed by atoms with E-state index < -0.39 is 6.10 Å². The van der Waals surface area contributed by atoms with Crippen LogP contribution in [0, 0.1) is 0 Å². The van der Waals surface area contributed by atoms with E-state index in [1.807, 2.05) is 0 Å². The number of aliphatic hydroxyl groups is 1. The maximum atomic E-state index is 11.7. The molecule has 1 amide bonds. The highest BCUT2D eigenvalue weighted by molar-refractivity contribution is 6.03. The summed E-state index contributed by atoms with van der Waals surface area (Å²) in [7, 11) is 1.58. The number of anilines is 1. The van der Waals surface area contributed by atoms with Crippen LogP contribution in [-0.4, -0.2) is 24.2 Å². The number of carbonyl (C=O) groups excluding carboxylic acids is 1. The molecule has 0 aliphatic carbocycles. The Hall–Kier alpha value is -1.81. The molecule has 0 aliphatic rings. The summed E-state index contributed by atoms with van der Waals surface area (Å²) in [4.78, 5) is 11.7. The molecular formula is C13H17NO3. The fraction of sp³-hybridized carbons (Fsp3) is 0.308. The average Bonchev–Trinajstić information content (AvgIpc) is 2.37. The number of amides is 1. The van der Waals surface area contributed by atoms with Crippen LogP contribution in [0.25, 0.3) is 0 Å². The molecular weight excluding hydrogens is 218 g/mol. The fourth-order valence-corrected chi connectivity index (χ4v) is 1.28. The van der Waals surface area contributed by atoms with Crippen molar-refractivity contribution in [1.82, 2.24) is 0 Å². The summed E-state index contributed by atoms with van der Waals surface area (Å²) in [5.74, 6) is 0.347. The van der Waals surface area contributed by atoms with E-state index in [-0.39, 0.29) is 11.5 Å². The Balaban J connectivity index is 2.64. The van der Waals surface area contributed by atoms with Crippen molar-refractivity contribution < 1.29 is 14.6 Å². The molecule has 1 aromatic rings. The molecule has 4 heteroatoms. The van der Waals surface area contributed by atoms with Gasteiger partial charge in [0.25, 0.3) is 5.91 Å². The predicted molar refractivity (Wildman–Crippen MR) is 67.1 cm³/mol. The van der Waals surface area contributed by atoms with Crippen molar-refractivity contribution in [3.63, 3.8) is 0 Å². The lowest BCUT2D eigenvalue weighted by Crippen LogP contribution is -2.22. The van der Waals surface area contributed by atoms with Gasteiger partial charge in [0.05, 0.1) is 13.2 Å². The molecule has 0 unspecified atom stereocenters. The monoisotopic (exact) mass is 235 g/mol. The highest BCUT2D eigenvalue weighted by atomic mass is 16.5. The number of aliphatic hydroxyl groups excluding tert-OH is 1. The highest BCUT2D eigenvalue weighted by Crippen LogP contribution is 2.16. The minimum absolute atomic E-state index is 0.170. The molecule has 0 radical (unpaired) electrons. The van der Waals surface area contributed by atoms with Crippen LogP contribution in [0.1, 0.15) is 13.3 Å². The first-order valence-corrected chi connectivity index (χ1v) is 5.40. The fourth-order valence-electron chi connectivity index (χ4n) is 1.28. The molecule has 0 saturated heterocycles. The number of nitrogens with one attached hydrogen (secondary N) is 1. The molecule has 2 N–H and O–H groups in total. The predicted octanol–water partition coefficient (Wildman–Crippen LogP) is 1.96. The van der Waals surface area contributed by atoms with E-state index in [2.05, 4.69) is 11.9 Å². The van der Waals surface area contributed by atoms with Gasteiger partial charge in [0, 0.05) is 11.3 Å². The Morgan fingerprint density at radius 2 is 2.06 bits per heavy atom. The molecule has 1 atom stereocenters. The summed E-state index contributed by atoms with van der Waals surface area (Å²) in [6, 6.07) is 6.94. The Morgan fingerprint density at radius 3 is 2.53 bits per heavy atom. The minimum atomic E-state index is -0.798. The number of ether oxygens (including phenoxy) is 1. The first-order valence-electron chi connectivity index (χ1n) is 5.40. The van der Waals surface area contributed by atoms with Gasteiger partial charge in [-0.15, -0.1) is 0 Å². The van der Waals surface area contributed by atoms with E-state index in [0.29, 0.717) is 12.1 Å². The van der Waals surface area contributed by atoms with E-state index in [9.17, 15) is 9.90 Å². The largest absolute Gasteiger partial charge is 0.497 e. The minimum Gasteiger partial charge on any atom is -0.497 e. The second kappa shape index (κ2) is 6.06. The van der Waals surface area contributed by atoms with Crippen LogP contribution in [0.5, 0.6) is 5.75 Å². The quantitative estimate of drug-likeness (QED) is 0.767. The summed E-state index contributed by atoms with van der Waals surface area (Å²) < 4.78 is 5.01. The van der Waals surface area contributed by atoms with E-state index in [1.165, 1.54) is 0 Å². The Bertz CT molecular complexity index is 398. The molecule has 0 spiro atoms. The van der Waals surface area contributed by atoms with Gasteiger partial charge in [-0.05, 0) is 30.7 Å². The third kappa shape index (κ3) is 3.60. The van der Waals surface area contributed by atoms with Crippen LogP contribution in [0.2, 0.25) is 0 Å². The van der Waals surface area contributed by atoms with Crippen molar-refractivity contribution >= 4 is 11.6 Å². The highest BCUT2D eigenvalue weighted by Gasteiger charge is 2.14. The SMILES string of the molecule is C=C(C(=O)Nc1ccc(OC)cc1)[C@H](O)CC. The molecule has 0 saturated carbocycles. The van der Waals surface area contributed by atoms with Crippen LogP contribution < -0.4 is 10.1 Å². The Kier molecular flexibility index (Phi) is 4.72. The second-order valence-electron chi connectivity index (χ2n) is 3.63. The van der Waals surface area contributed by atoms with Crippen LogP contribution in [-0.2, 0) is 4.79 Å². The van der Waals surface area contributed by atoms with Crippen molar-refractivity contribution in [1.29, 1.82) is 0 Å². The van der Waals surface area contributed by atoms with Gasteiger partial charge in [-0.2, -0.15) is 0 Å². The lowest BCUT2D eigenvalue weighted by atomic mass is 10.1. The van der Waals surface area contributed by atoms with Gasteiger partial charge in [0.1, 0.15) is 5.75 Å². The zero-order valence-corrected chi connectivity index (χ0v) is 10.1. The van der Waals surface area contributed by atoms with Gasteiger partial charge < -0.3 is 15.2 Å². The van der Waals surface area contributed by atoms with E-state index in [1.54, 1.807) is 38.3 Å². The number of hydrogen-bond donors (Lipinski definition) is 2. The molecule has 17 heavy (non-hydrogen) atoms. The Morgan fingerprint density at radius 1 is 1.47 bits per heavy atom. The van der Waals surface area contributed by atoms with Gasteiger partial charge in [-0.3, -0.25) is 4.79 Å². The number of methoxy groups -OCH3 is 1. The van der Waals surface area contributed by atoms with Crippen molar-refractivity contribution in [3.8, 4) is 5.75 Å². The topological polar surface area (TPSA) is 58.6 Å². The summed E-state index contributed by atoms with van der Waals surface area (Å²) in [6.07, 6.45) is -0.331. The van der Waals surface area contributed by atoms with Gasteiger partial charge in [0.15, 0.2) is 0 Å². The summed E-state index contributed by atoms with van der Waals surface area (Å²) in [6.45, 7) is 5.36. The smallest absolute Gasteiger partial charge is 0.253 e. The van der Waals surface area contributed by atoms with Crippen LogP contribution in [0.4, 0.5) is 5.69 Å². The van der Waals surface area contributed by atoms with Crippen LogP contribution in [0.3, 0.4) is 0 Å². The molecule has 1 rings (SSSR count). The lowest BCUT2D eigenvalue weighted by Gasteiger charge is -2.12. The number of hydrogen-bond acceptors (Lipinski definition) is 3. The second-order valence-corrected chi connectivity index (χ2v) is 3.63. The summed E-state index contributed by atoms with van der Waals surface area (Å²) in [5.41, 5.74) is 0.809. The number of benzene rings is 1. The summed E-state index contributed by atoms with van der Waals surface area (Å²) >= 11 is 0. The molecule has 1 aromatic carbocycles. The number of carbonyl (C=O) groups is 1. The van der Waals surface area contributed by atoms with Gasteiger partial charge in [0.2, 0.25) is 0 Å². The molecule has 0 aromatic heterocycles. The zero-order chi connectivity index (χ0) is 12.8. The van der Waals surface area contributed by atoms with Crippen LogP contribution >= 0.6 is 0 Å². The molecule has 0 heterocycles. The first kappa shape index (κ1) is 13.3. The maximum Gasteiger partial charge on any atom is 0.253 e. The van der Waals surface area contributed by atoms with E-state index in [4.69, 9.17) is 4.74 Å². The third-order valence-electron chi connectivity index (χ3n) is 2.43. The zero-order valence-electron chi connectivity index (χ0n) is 10.1. The lowest BCUT2D eigenvalue weighted by molar-refractivity contribution is -0.113. The van der Waals surface area contributed by atoms with E-state index in [0.717, 1.165) is 5.75 Å². The third-order valence-corrected chi connectivity index (χ3v) is 2.43. The van der Waals surface area contributed by atoms with Crippen LogP contribution in [0.15, 0.2) is 36.4 Å². The molecule has 0 aliphatic heterocycles. The maximum absolute atomic E-state index is 11.7. The molecule has 0 bridgehead atoms. The van der Waals surface area contributed by atoms with Crippen molar-refractivity contribution in [2.75, 3.05) is 12.4 Å². The van der Waals surface area contributed by atoms with Crippen molar-refractivity contribution in [3.05, 3.63) is 36.4 Å². The van der Waals surface area contributed by atoms with E-state index >= 15 is 0 Å². The normalized spacial score (nSPS) is 11.7. The molecule has 0 fully saturated rings. The molecule has 4 nitrogen and oxygen atoms in total.